The molecule has 1 aromatic rings. The fourth-order valence-corrected chi connectivity index (χ4v) is 2.57. The minimum atomic E-state index is -4.18. The first-order chi connectivity index (χ1) is 8.28. The lowest BCUT2D eigenvalue weighted by Gasteiger charge is -2.08. The highest BCUT2D eigenvalue weighted by molar-refractivity contribution is 9.11. The molecule has 0 saturated carbocycles. The molecule has 0 aromatic heterocycles. The van der Waals surface area contributed by atoms with Crippen molar-refractivity contribution in [2.45, 2.75) is 19.0 Å². The van der Waals surface area contributed by atoms with E-state index in [-0.39, 0.29) is 18.9 Å². The van der Waals surface area contributed by atoms with E-state index in [1.165, 1.54) is 0 Å². The van der Waals surface area contributed by atoms with Crippen molar-refractivity contribution in [3.8, 4) is 0 Å². The lowest BCUT2D eigenvalue weighted by molar-refractivity contribution is -0.135. The molecule has 0 aliphatic carbocycles. The standard InChI is InChI=1S/C11H10Br2F3NO/c12-8-4-7(5-9(13)6-8)10(18)17-3-1-2-11(14,15)16/h4-6H,1-3H2,(H,17,18). The second-order valence-electron chi connectivity index (χ2n) is 3.63. The van der Waals surface area contributed by atoms with Crippen LogP contribution in [0.3, 0.4) is 0 Å². The highest BCUT2D eigenvalue weighted by Gasteiger charge is 2.25. The minimum Gasteiger partial charge on any atom is -0.352 e. The molecule has 1 amide bonds. The summed E-state index contributed by atoms with van der Waals surface area (Å²) in [6.45, 7) is 0.00246. The Kier molecular flexibility index (Phi) is 5.65. The summed E-state index contributed by atoms with van der Waals surface area (Å²) in [7, 11) is 0. The Balaban J connectivity index is 2.46. The smallest absolute Gasteiger partial charge is 0.352 e. The molecule has 0 aliphatic heterocycles. The fourth-order valence-electron chi connectivity index (χ4n) is 1.28. The van der Waals surface area contributed by atoms with Crippen molar-refractivity contribution in [1.82, 2.24) is 5.32 Å². The van der Waals surface area contributed by atoms with E-state index in [2.05, 4.69) is 37.2 Å². The van der Waals surface area contributed by atoms with Gasteiger partial charge in [-0.2, -0.15) is 13.2 Å². The van der Waals surface area contributed by atoms with Crippen LogP contribution in [0.25, 0.3) is 0 Å². The summed E-state index contributed by atoms with van der Waals surface area (Å²) >= 11 is 6.46. The van der Waals surface area contributed by atoms with E-state index in [0.717, 1.165) is 8.95 Å². The molecule has 7 heteroatoms. The molecule has 2 nitrogen and oxygen atoms in total. The average molecular weight is 389 g/mol. The molecule has 18 heavy (non-hydrogen) atoms. The molecule has 1 N–H and O–H groups in total. The van der Waals surface area contributed by atoms with Crippen molar-refractivity contribution in [1.29, 1.82) is 0 Å². The number of rotatable bonds is 4. The molecular weight excluding hydrogens is 379 g/mol. The zero-order valence-corrected chi connectivity index (χ0v) is 12.3. The third-order valence-corrected chi connectivity index (χ3v) is 2.96. The molecule has 0 spiro atoms. The Bertz CT molecular complexity index is 415. The molecule has 0 heterocycles. The maximum absolute atomic E-state index is 11.9. The number of nitrogens with one attached hydrogen (secondary N) is 1. The van der Waals surface area contributed by atoms with Crippen LogP contribution in [0.2, 0.25) is 0 Å². The Morgan fingerprint density at radius 1 is 1.17 bits per heavy atom. The molecular formula is C11H10Br2F3NO. The zero-order chi connectivity index (χ0) is 13.8. The van der Waals surface area contributed by atoms with E-state index in [1.807, 2.05) is 0 Å². The van der Waals surface area contributed by atoms with Gasteiger partial charge in [-0.05, 0) is 24.6 Å². The maximum atomic E-state index is 11.9. The first-order valence-corrected chi connectivity index (χ1v) is 6.67. The largest absolute Gasteiger partial charge is 0.389 e. The van der Waals surface area contributed by atoms with Gasteiger partial charge in [-0.3, -0.25) is 4.79 Å². The molecule has 0 unspecified atom stereocenters. The maximum Gasteiger partial charge on any atom is 0.389 e. The molecule has 0 aliphatic rings. The number of hydrogen-bond donors (Lipinski definition) is 1. The highest BCUT2D eigenvalue weighted by Crippen LogP contribution is 2.21. The SMILES string of the molecule is O=C(NCCCC(F)(F)F)c1cc(Br)cc(Br)c1. The van der Waals surface area contributed by atoms with E-state index in [1.54, 1.807) is 18.2 Å². The number of hydrogen-bond acceptors (Lipinski definition) is 1. The third-order valence-electron chi connectivity index (χ3n) is 2.05. The van der Waals surface area contributed by atoms with E-state index in [0.29, 0.717) is 5.56 Å². The second kappa shape index (κ2) is 6.56. The van der Waals surface area contributed by atoms with Crippen LogP contribution in [0.4, 0.5) is 13.2 Å². The van der Waals surface area contributed by atoms with Crippen LogP contribution >= 0.6 is 31.9 Å². The first kappa shape index (κ1) is 15.5. The number of carbonyl (C=O) groups excluding carboxylic acids is 1. The topological polar surface area (TPSA) is 29.1 Å². The van der Waals surface area contributed by atoms with Crippen LogP contribution in [0, 0.1) is 0 Å². The van der Waals surface area contributed by atoms with Gasteiger partial charge in [-0.25, -0.2) is 0 Å². The van der Waals surface area contributed by atoms with E-state index < -0.39 is 12.6 Å². The molecule has 0 saturated heterocycles. The van der Waals surface area contributed by atoms with E-state index in [4.69, 9.17) is 0 Å². The summed E-state index contributed by atoms with van der Waals surface area (Å²) in [5.74, 6) is -0.390. The molecule has 1 rings (SSSR count). The normalized spacial score (nSPS) is 11.4. The third kappa shape index (κ3) is 5.86. The van der Waals surface area contributed by atoms with Crippen molar-refractivity contribution in [3.63, 3.8) is 0 Å². The van der Waals surface area contributed by atoms with Gasteiger partial charge in [0, 0.05) is 27.5 Å². The van der Waals surface area contributed by atoms with Crippen molar-refractivity contribution in [2.75, 3.05) is 6.54 Å². The Morgan fingerprint density at radius 2 is 1.72 bits per heavy atom. The number of halogens is 5. The van der Waals surface area contributed by atoms with Gasteiger partial charge in [-0.1, -0.05) is 31.9 Å². The number of alkyl halides is 3. The number of benzene rings is 1. The molecule has 100 valence electrons. The summed E-state index contributed by atoms with van der Waals surface area (Å²) in [5, 5.41) is 2.45. The quantitative estimate of drug-likeness (QED) is 0.766. The number of amides is 1. The fraction of sp³-hybridized carbons (Fsp3) is 0.364. The summed E-state index contributed by atoms with van der Waals surface area (Å²) in [6, 6.07) is 4.97. The molecule has 0 bridgehead atoms. The van der Waals surface area contributed by atoms with Gasteiger partial charge in [0.05, 0.1) is 0 Å². The highest BCUT2D eigenvalue weighted by atomic mass is 79.9. The summed E-state index contributed by atoms with van der Waals surface area (Å²) in [6.07, 6.45) is -5.19. The summed E-state index contributed by atoms with van der Waals surface area (Å²) in [5.41, 5.74) is 0.392. The lowest BCUT2D eigenvalue weighted by Crippen LogP contribution is -2.25. The van der Waals surface area contributed by atoms with Crippen LogP contribution < -0.4 is 5.32 Å². The monoisotopic (exact) mass is 387 g/mol. The molecule has 1 aromatic carbocycles. The van der Waals surface area contributed by atoms with Gasteiger partial charge in [0.1, 0.15) is 0 Å². The molecule has 0 fully saturated rings. The molecule has 0 atom stereocenters. The average Bonchev–Trinajstić information content (AvgIpc) is 2.21. The predicted molar refractivity (Wildman–Crippen MR) is 69.5 cm³/mol. The first-order valence-electron chi connectivity index (χ1n) is 5.09. The summed E-state index contributed by atoms with van der Waals surface area (Å²) < 4.78 is 37.1. The molecule has 0 radical (unpaired) electrons. The van der Waals surface area contributed by atoms with Crippen molar-refractivity contribution in [2.24, 2.45) is 0 Å². The second-order valence-corrected chi connectivity index (χ2v) is 5.46. The van der Waals surface area contributed by atoms with Gasteiger partial charge >= 0.3 is 6.18 Å². The Labute approximate surface area is 119 Å². The van der Waals surface area contributed by atoms with E-state index in [9.17, 15) is 18.0 Å². The van der Waals surface area contributed by atoms with Crippen LogP contribution in [-0.2, 0) is 0 Å². The predicted octanol–water partition coefficient (Wildman–Crippen LogP) is 4.28. The van der Waals surface area contributed by atoms with E-state index >= 15 is 0 Å². The zero-order valence-electron chi connectivity index (χ0n) is 9.15. The van der Waals surface area contributed by atoms with Crippen molar-refractivity contribution in [3.05, 3.63) is 32.7 Å². The van der Waals surface area contributed by atoms with Crippen LogP contribution in [0.5, 0.6) is 0 Å². The van der Waals surface area contributed by atoms with Crippen LogP contribution in [-0.4, -0.2) is 18.6 Å². The van der Waals surface area contributed by atoms with Crippen molar-refractivity contribution < 1.29 is 18.0 Å². The van der Waals surface area contributed by atoms with Gasteiger partial charge in [0.2, 0.25) is 0 Å². The lowest BCUT2D eigenvalue weighted by atomic mass is 10.2. The van der Waals surface area contributed by atoms with Crippen LogP contribution in [0.1, 0.15) is 23.2 Å². The minimum absolute atomic E-state index is 0.00246. The Morgan fingerprint density at radius 3 is 2.22 bits per heavy atom. The van der Waals surface area contributed by atoms with Gasteiger partial charge in [0.15, 0.2) is 0 Å². The van der Waals surface area contributed by atoms with Gasteiger partial charge < -0.3 is 5.32 Å². The van der Waals surface area contributed by atoms with Gasteiger partial charge in [-0.15, -0.1) is 0 Å². The van der Waals surface area contributed by atoms with Crippen LogP contribution in [0.15, 0.2) is 27.1 Å². The van der Waals surface area contributed by atoms with Crippen molar-refractivity contribution >= 4 is 37.8 Å². The number of carbonyl (C=O) groups is 1. The Hall–Kier alpha value is -0.560. The summed E-state index contributed by atoms with van der Waals surface area (Å²) in [4.78, 5) is 11.6. The van der Waals surface area contributed by atoms with Gasteiger partial charge in [0.25, 0.3) is 5.91 Å².